The van der Waals surface area contributed by atoms with Crippen molar-refractivity contribution in [2.45, 2.75) is 24.0 Å². The van der Waals surface area contributed by atoms with Crippen molar-refractivity contribution < 1.29 is 29.6 Å². The van der Waals surface area contributed by atoms with Crippen LogP contribution in [0.1, 0.15) is 0 Å². The Morgan fingerprint density at radius 2 is 2.25 bits per heavy atom. The number of rotatable bonds is 5. The summed E-state index contributed by atoms with van der Waals surface area (Å²) in [5.41, 5.74) is -1.90. The Kier molecular flexibility index (Phi) is 5.40. The first-order valence-corrected chi connectivity index (χ1v) is 5.88. The zero-order chi connectivity index (χ0) is 15.3. The summed E-state index contributed by atoms with van der Waals surface area (Å²) in [4.78, 5) is 23.0. The molecule has 0 aliphatic carbocycles. The lowest BCUT2D eigenvalue weighted by Gasteiger charge is -2.29. The predicted octanol–water partition coefficient (Wildman–Crippen LogP) is -1.66. The van der Waals surface area contributed by atoms with Crippen LogP contribution in [0.2, 0.25) is 0 Å². The van der Waals surface area contributed by atoms with Crippen LogP contribution in [0.5, 0.6) is 0 Å². The normalized spacial score (nSPS) is 33.1. The molecule has 1 heterocycles. The summed E-state index contributed by atoms with van der Waals surface area (Å²) in [5.74, 6) is 0. The minimum absolute atomic E-state index is 0.445. The van der Waals surface area contributed by atoms with E-state index >= 15 is 0 Å². The van der Waals surface area contributed by atoms with Gasteiger partial charge < -0.3 is 25.4 Å². The molecule has 20 heavy (non-hydrogen) atoms. The SMILES string of the molecule is C=C[C@@]1(O)[C@@H](CO)O[C@@H](N(/C=C\C=O)C(=O)NC)[C@@H]1O. The number of aldehydes is 1. The minimum Gasteiger partial charge on any atom is -0.394 e. The largest absolute Gasteiger partial charge is 0.394 e. The lowest BCUT2D eigenvalue weighted by molar-refractivity contribution is -0.104. The highest BCUT2D eigenvalue weighted by Gasteiger charge is 2.55. The number of allylic oxidation sites excluding steroid dienone is 1. The molecule has 8 heteroatoms. The molecule has 1 fully saturated rings. The number of ether oxygens (including phenoxy) is 1. The van der Waals surface area contributed by atoms with E-state index in [1.54, 1.807) is 0 Å². The van der Waals surface area contributed by atoms with Gasteiger partial charge in [-0.05, 0) is 6.08 Å². The summed E-state index contributed by atoms with van der Waals surface area (Å²) in [6.07, 6.45) is -0.327. The molecule has 8 nitrogen and oxygen atoms in total. The Bertz CT molecular complexity index is 413. The molecule has 0 bridgehead atoms. The van der Waals surface area contributed by atoms with Gasteiger partial charge in [0.1, 0.15) is 24.1 Å². The summed E-state index contributed by atoms with van der Waals surface area (Å²) in [5, 5.41) is 31.8. The van der Waals surface area contributed by atoms with Crippen LogP contribution in [0.25, 0.3) is 0 Å². The van der Waals surface area contributed by atoms with Crippen LogP contribution in [-0.2, 0) is 9.53 Å². The molecule has 4 N–H and O–H groups in total. The number of nitrogens with one attached hydrogen (secondary N) is 1. The van der Waals surface area contributed by atoms with Crippen LogP contribution in [0.15, 0.2) is 24.9 Å². The fraction of sp³-hybridized carbons (Fsp3) is 0.500. The maximum absolute atomic E-state index is 11.7. The van der Waals surface area contributed by atoms with Gasteiger partial charge in [-0.1, -0.05) is 6.08 Å². The number of hydrogen-bond donors (Lipinski definition) is 4. The zero-order valence-electron chi connectivity index (χ0n) is 11.0. The van der Waals surface area contributed by atoms with Crippen molar-refractivity contribution in [2.75, 3.05) is 13.7 Å². The molecule has 4 atom stereocenters. The lowest BCUT2D eigenvalue weighted by Crippen LogP contribution is -2.52. The van der Waals surface area contributed by atoms with E-state index in [4.69, 9.17) is 4.74 Å². The van der Waals surface area contributed by atoms with Crippen LogP contribution < -0.4 is 5.32 Å². The molecule has 0 radical (unpaired) electrons. The van der Waals surface area contributed by atoms with Gasteiger partial charge in [-0.25, -0.2) is 4.79 Å². The molecule has 1 aliphatic rings. The van der Waals surface area contributed by atoms with E-state index < -0.39 is 36.7 Å². The Morgan fingerprint density at radius 3 is 2.65 bits per heavy atom. The van der Waals surface area contributed by atoms with Gasteiger partial charge in [-0.2, -0.15) is 0 Å². The molecular weight excluding hydrogens is 268 g/mol. The van der Waals surface area contributed by atoms with Crippen LogP contribution in [0, 0.1) is 0 Å². The van der Waals surface area contributed by atoms with Gasteiger partial charge in [0, 0.05) is 13.2 Å². The average molecular weight is 286 g/mol. The van der Waals surface area contributed by atoms with Crippen LogP contribution >= 0.6 is 0 Å². The van der Waals surface area contributed by atoms with Gasteiger partial charge in [0.2, 0.25) is 0 Å². The number of nitrogens with zero attached hydrogens (tertiary/aromatic N) is 1. The highest BCUT2D eigenvalue weighted by molar-refractivity contribution is 5.76. The van der Waals surface area contributed by atoms with Crippen LogP contribution in [-0.4, -0.2) is 70.2 Å². The number of urea groups is 1. The third kappa shape index (κ3) is 2.73. The van der Waals surface area contributed by atoms with Gasteiger partial charge in [0.15, 0.2) is 6.23 Å². The van der Waals surface area contributed by atoms with Crippen molar-refractivity contribution in [1.29, 1.82) is 0 Å². The second-order valence-corrected chi connectivity index (χ2v) is 4.17. The van der Waals surface area contributed by atoms with Crippen molar-refractivity contribution in [2.24, 2.45) is 0 Å². The Balaban J connectivity index is 3.09. The molecule has 0 unspecified atom stereocenters. The summed E-state index contributed by atoms with van der Waals surface area (Å²) in [6.45, 7) is 2.82. The van der Waals surface area contributed by atoms with Gasteiger partial charge >= 0.3 is 6.03 Å². The minimum atomic E-state index is -1.90. The molecule has 2 amide bonds. The van der Waals surface area contributed by atoms with E-state index in [-0.39, 0.29) is 0 Å². The molecule has 1 saturated heterocycles. The first-order chi connectivity index (χ1) is 9.46. The lowest BCUT2D eigenvalue weighted by atomic mass is 9.92. The highest BCUT2D eigenvalue weighted by Crippen LogP contribution is 2.34. The second-order valence-electron chi connectivity index (χ2n) is 4.17. The molecular formula is C12H18N2O6. The molecule has 0 saturated carbocycles. The van der Waals surface area contributed by atoms with Crippen molar-refractivity contribution in [1.82, 2.24) is 10.2 Å². The zero-order valence-corrected chi connectivity index (χ0v) is 11.0. The summed E-state index contributed by atoms with van der Waals surface area (Å²) in [6, 6.07) is -0.655. The third-order valence-electron chi connectivity index (χ3n) is 3.10. The molecule has 0 aromatic rings. The molecule has 112 valence electrons. The van der Waals surface area contributed by atoms with E-state index in [1.807, 2.05) is 0 Å². The topological polar surface area (TPSA) is 119 Å². The van der Waals surface area contributed by atoms with Crippen molar-refractivity contribution in [3.63, 3.8) is 0 Å². The molecule has 0 aromatic carbocycles. The monoisotopic (exact) mass is 286 g/mol. The molecule has 1 aliphatic heterocycles. The second kappa shape index (κ2) is 6.62. The van der Waals surface area contributed by atoms with Crippen LogP contribution in [0.3, 0.4) is 0 Å². The number of carbonyl (C=O) groups excluding carboxylic acids is 2. The summed E-state index contributed by atoms with van der Waals surface area (Å²) < 4.78 is 5.29. The molecule has 1 rings (SSSR count). The van der Waals surface area contributed by atoms with E-state index in [1.165, 1.54) is 7.05 Å². The Hall–Kier alpha value is -1.74. The van der Waals surface area contributed by atoms with Crippen molar-refractivity contribution >= 4 is 12.3 Å². The van der Waals surface area contributed by atoms with Gasteiger partial charge in [0.25, 0.3) is 0 Å². The Morgan fingerprint density at radius 1 is 1.60 bits per heavy atom. The Labute approximate surface area is 115 Å². The van der Waals surface area contributed by atoms with E-state index in [2.05, 4.69) is 11.9 Å². The van der Waals surface area contributed by atoms with Gasteiger partial charge in [0.05, 0.1) is 6.61 Å². The fourth-order valence-corrected chi connectivity index (χ4v) is 1.95. The first kappa shape index (κ1) is 16.3. The maximum Gasteiger partial charge on any atom is 0.323 e. The number of aliphatic hydroxyl groups is 3. The van der Waals surface area contributed by atoms with Gasteiger partial charge in [-0.3, -0.25) is 9.69 Å². The standard InChI is InChI=1S/C12H18N2O6/c1-3-12(19)8(7-16)20-10(9(12)17)14(5-4-6-15)11(18)13-2/h3-6,8-10,16-17,19H,1,7H2,2H3,(H,13,18)/b5-4-/t8-,9+,10-,12-/m1/s1. The van der Waals surface area contributed by atoms with Crippen molar-refractivity contribution in [3.05, 3.63) is 24.9 Å². The third-order valence-corrected chi connectivity index (χ3v) is 3.10. The molecule has 0 aromatic heterocycles. The predicted molar refractivity (Wildman–Crippen MR) is 68.4 cm³/mol. The van der Waals surface area contributed by atoms with E-state index in [0.717, 1.165) is 23.3 Å². The number of aliphatic hydroxyl groups excluding tert-OH is 2. The maximum atomic E-state index is 11.7. The smallest absolute Gasteiger partial charge is 0.323 e. The highest BCUT2D eigenvalue weighted by atomic mass is 16.6. The van der Waals surface area contributed by atoms with Crippen LogP contribution in [0.4, 0.5) is 4.79 Å². The molecule has 0 spiro atoms. The van der Waals surface area contributed by atoms with E-state index in [9.17, 15) is 24.9 Å². The fourth-order valence-electron chi connectivity index (χ4n) is 1.95. The summed E-state index contributed by atoms with van der Waals surface area (Å²) >= 11 is 0. The van der Waals surface area contributed by atoms with Crippen molar-refractivity contribution in [3.8, 4) is 0 Å². The quantitative estimate of drug-likeness (QED) is 0.273. The summed E-state index contributed by atoms with van der Waals surface area (Å²) in [7, 11) is 1.36. The van der Waals surface area contributed by atoms with Gasteiger partial charge in [-0.15, -0.1) is 6.58 Å². The number of amides is 2. The first-order valence-electron chi connectivity index (χ1n) is 5.88. The number of hydrogen-bond acceptors (Lipinski definition) is 6. The number of carbonyl (C=O) groups is 2. The van der Waals surface area contributed by atoms with E-state index in [0.29, 0.717) is 6.29 Å². The average Bonchev–Trinajstić information content (AvgIpc) is 2.72.